The quantitative estimate of drug-likeness (QED) is 0.606. The molecule has 5 rings (SSSR count). The van der Waals surface area contributed by atoms with Crippen molar-refractivity contribution in [1.82, 2.24) is 4.98 Å². The summed E-state index contributed by atoms with van der Waals surface area (Å²) in [6.45, 7) is 0. The summed E-state index contributed by atoms with van der Waals surface area (Å²) in [6, 6.07) is 11.7. The Morgan fingerprint density at radius 3 is 2.79 bits per heavy atom. The fourth-order valence-corrected chi connectivity index (χ4v) is 3.22. The van der Waals surface area contributed by atoms with Crippen LogP contribution in [-0.4, -0.2) is 12.1 Å². The van der Waals surface area contributed by atoms with E-state index in [2.05, 4.69) is 11.1 Å². The molecule has 2 aromatic heterocycles. The molecule has 1 fully saturated rings. The van der Waals surface area contributed by atoms with E-state index < -0.39 is 5.76 Å². The summed E-state index contributed by atoms with van der Waals surface area (Å²) in [4.78, 5) is 14.1. The number of oxazole rings is 1. The van der Waals surface area contributed by atoms with E-state index in [1.165, 1.54) is 12.8 Å². The first-order chi connectivity index (χ1) is 11.7. The lowest BCUT2D eigenvalue weighted by Gasteiger charge is -2.06. The summed E-state index contributed by atoms with van der Waals surface area (Å²) in [5, 5.41) is 1.03. The van der Waals surface area contributed by atoms with E-state index in [-0.39, 0.29) is 0 Å². The van der Waals surface area contributed by atoms with Gasteiger partial charge < -0.3 is 13.6 Å². The van der Waals surface area contributed by atoms with Crippen LogP contribution >= 0.6 is 0 Å². The minimum atomic E-state index is -0.443. The number of fused-ring (bicyclic) bond motifs is 2. The highest BCUT2D eigenvalue weighted by molar-refractivity contribution is 5.99. The predicted octanol–water partition coefficient (Wildman–Crippen LogP) is 4.42. The fraction of sp³-hybridized carbons (Fsp3) is 0.211. The molecule has 0 aliphatic heterocycles. The lowest BCUT2D eigenvalue weighted by molar-refractivity contribution is 0.407. The van der Waals surface area contributed by atoms with Crippen molar-refractivity contribution in [1.29, 1.82) is 0 Å². The maximum Gasteiger partial charge on any atom is 0.417 e. The van der Waals surface area contributed by atoms with Gasteiger partial charge >= 0.3 is 5.76 Å². The van der Waals surface area contributed by atoms with Gasteiger partial charge in [0.05, 0.1) is 12.6 Å². The molecule has 4 aromatic rings. The third-order valence-corrected chi connectivity index (χ3v) is 4.60. The van der Waals surface area contributed by atoms with Gasteiger partial charge in [0, 0.05) is 11.3 Å². The monoisotopic (exact) mass is 321 g/mol. The van der Waals surface area contributed by atoms with Crippen molar-refractivity contribution in [2.45, 2.75) is 18.8 Å². The number of furan rings is 1. The SMILES string of the molecule is COc1ccc(-c2ccc3oc(=O)[nH]c3c2)c2cc(C3CC3)oc12. The zero-order valence-corrected chi connectivity index (χ0v) is 13.1. The Labute approximate surface area is 136 Å². The standard InChI is InChI=1S/C19H15NO4/c1-22-16-7-5-12(13-9-17(10-2-3-10)23-18(13)16)11-4-6-15-14(8-11)20-19(21)24-15/h4-10H,2-3H2,1H3,(H,20,21). The summed E-state index contributed by atoms with van der Waals surface area (Å²) in [6.07, 6.45) is 2.36. The Morgan fingerprint density at radius 1 is 1.12 bits per heavy atom. The molecular weight excluding hydrogens is 306 g/mol. The van der Waals surface area contributed by atoms with Gasteiger partial charge in [0.1, 0.15) is 5.76 Å². The average molecular weight is 321 g/mol. The second-order valence-corrected chi connectivity index (χ2v) is 6.21. The molecule has 5 nitrogen and oxygen atoms in total. The molecule has 120 valence electrons. The highest BCUT2D eigenvalue weighted by Gasteiger charge is 2.28. The molecule has 0 amide bonds. The Kier molecular flexibility index (Phi) is 2.68. The summed E-state index contributed by atoms with van der Waals surface area (Å²) < 4.78 is 16.6. The molecule has 0 saturated heterocycles. The number of hydrogen-bond donors (Lipinski definition) is 1. The first kappa shape index (κ1) is 13.5. The third-order valence-electron chi connectivity index (χ3n) is 4.60. The Hall–Kier alpha value is -2.95. The van der Waals surface area contributed by atoms with Gasteiger partial charge in [-0.2, -0.15) is 0 Å². The number of rotatable bonds is 3. The molecular formula is C19H15NO4. The van der Waals surface area contributed by atoms with Gasteiger partial charge in [-0.1, -0.05) is 6.07 Å². The summed E-state index contributed by atoms with van der Waals surface area (Å²) >= 11 is 0. The maximum absolute atomic E-state index is 11.4. The van der Waals surface area contributed by atoms with Crippen molar-refractivity contribution in [2.24, 2.45) is 0 Å². The molecule has 0 unspecified atom stereocenters. The van der Waals surface area contributed by atoms with Gasteiger partial charge in [0.25, 0.3) is 0 Å². The molecule has 1 aliphatic carbocycles. The Bertz CT molecular complexity index is 1130. The molecule has 0 bridgehead atoms. The number of methoxy groups -OCH3 is 1. The van der Waals surface area contributed by atoms with Crippen LogP contribution < -0.4 is 10.5 Å². The first-order valence-corrected chi connectivity index (χ1v) is 7.96. The van der Waals surface area contributed by atoms with Gasteiger partial charge in [-0.15, -0.1) is 0 Å². The van der Waals surface area contributed by atoms with Gasteiger partial charge in [0.15, 0.2) is 16.9 Å². The molecule has 1 saturated carbocycles. The van der Waals surface area contributed by atoms with E-state index in [0.29, 0.717) is 17.0 Å². The lowest BCUT2D eigenvalue weighted by atomic mass is 10.0. The smallest absolute Gasteiger partial charge is 0.417 e. The van der Waals surface area contributed by atoms with Crippen molar-refractivity contribution < 1.29 is 13.6 Å². The topological polar surface area (TPSA) is 68.4 Å². The largest absolute Gasteiger partial charge is 0.493 e. The third kappa shape index (κ3) is 1.98. The zero-order valence-electron chi connectivity index (χ0n) is 13.1. The van der Waals surface area contributed by atoms with Crippen molar-refractivity contribution in [3.8, 4) is 16.9 Å². The molecule has 24 heavy (non-hydrogen) atoms. The summed E-state index contributed by atoms with van der Waals surface area (Å²) in [5.74, 6) is 1.84. The van der Waals surface area contributed by atoms with Crippen LogP contribution in [0.4, 0.5) is 0 Å². The first-order valence-electron chi connectivity index (χ1n) is 7.96. The van der Waals surface area contributed by atoms with Gasteiger partial charge in [-0.25, -0.2) is 4.79 Å². The van der Waals surface area contributed by atoms with Crippen LogP contribution in [0.1, 0.15) is 24.5 Å². The number of aromatic nitrogens is 1. The minimum absolute atomic E-state index is 0.443. The molecule has 1 N–H and O–H groups in total. The van der Waals surface area contributed by atoms with Crippen molar-refractivity contribution in [2.75, 3.05) is 7.11 Å². The highest BCUT2D eigenvalue weighted by Crippen LogP contribution is 2.45. The molecule has 1 aliphatic rings. The minimum Gasteiger partial charge on any atom is -0.493 e. The zero-order chi connectivity index (χ0) is 16.3. The van der Waals surface area contributed by atoms with E-state index in [9.17, 15) is 4.79 Å². The Balaban J connectivity index is 1.76. The number of nitrogens with one attached hydrogen (secondary N) is 1. The van der Waals surface area contributed by atoms with Crippen LogP contribution in [0.5, 0.6) is 5.75 Å². The molecule has 5 heteroatoms. The molecule has 0 radical (unpaired) electrons. The lowest BCUT2D eigenvalue weighted by Crippen LogP contribution is -1.92. The van der Waals surface area contributed by atoms with Crippen LogP contribution in [0.2, 0.25) is 0 Å². The van der Waals surface area contributed by atoms with E-state index >= 15 is 0 Å². The number of aromatic amines is 1. The van der Waals surface area contributed by atoms with E-state index in [1.807, 2.05) is 24.3 Å². The molecule has 0 spiro atoms. The van der Waals surface area contributed by atoms with E-state index in [1.54, 1.807) is 13.2 Å². The van der Waals surface area contributed by atoms with Gasteiger partial charge in [0.2, 0.25) is 0 Å². The fourth-order valence-electron chi connectivity index (χ4n) is 3.22. The van der Waals surface area contributed by atoms with Crippen molar-refractivity contribution in [3.63, 3.8) is 0 Å². The van der Waals surface area contributed by atoms with E-state index in [0.717, 1.165) is 33.6 Å². The van der Waals surface area contributed by atoms with Crippen LogP contribution in [0.3, 0.4) is 0 Å². The van der Waals surface area contributed by atoms with Crippen LogP contribution in [0.15, 0.2) is 50.0 Å². The second-order valence-electron chi connectivity index (χ2n) is 6.21. The highest BCUT2D eigenvalue weighted by atomic mass is 16.5. The van der Waals surface area contributed by atoms with Gasteiger partial charge in [-0.3, -0.25) is 4.98 Å². The van der Waals surface area contributed by atoms with Crippen molar-refractivity contribution >= 4 is 22.1 Å². The van der Waals surface area contributed by atoms with Crippen LogP contribution in [0.25, 0.3) is 33.2 Å². The van der Waals surface area contributed by atoms with Crippen molar-refractivity contribution in [3.05, 3.63) is 52.7 Å². The number of H-pyrrole nitrogens is 1. The van der Waals surface area contributed by atoms with E-state index in [4.69, 9.17) is 13.6 Å². The summed E-state index contributed by atoms with van der Waals surface area (Å²) in [5.41, 5.74) is 4.06. The maximum atomic E-state index is 11.4. The average Bonchev–Trinajstić information content (AvgIpc) is 3.22. The number of ether oxygens (including phenoxy) is 1. The Morgan fingerprint density at radius 2 is 2.00 bits per heavy atom. The normalized spacial score (nSPS) is 14.5. The van der Waals surface area contributed by atoms with Crippen LogP contribution in [-0.2, 0) is 0 Å². The molecule has 0 atom stereocenters. The van der Waals surface area contributed by atoms with Gasteiger partial charge in [-0.05, 0) is 54.3 Å². The number of benzene rings is 2. The number of hydrogen-bond acceptors (Lipinski definition) is 4. The summed E-state index contributed by atoms with van der Waals surface area (Å²) in [7, 11) is 1.65. The molecule has 2 heterocycles. The molecule has 2 aromatic carbocycles. The van der Waals surface area contributed by atoms with Crippen LogP contribution in [0, 0.1) is 0 Å². The predicted molar refractivity (Wildman–Crippen MR) is 90.6 cm³/mol. The second kappa shape index (κ2) is 4.77.